The van der Waals surface area contributed by atoms with Crippen LogP contribution in [0.1, 0.15) is 29.4 Å². The Bertz CT molecular complexity index is 942. The molecule has 0 bridgehead atoms. The van der Waals surface area contributed by atoms with Gasteiger partial charge in [0.2, 0.25) is 0 Å². The minimum absolute atomic E-state index is 0.0440. The topological polar surface area (TPSA) is 88.6 Å². The zero-order chi connectivity index (χ0) is 17.3. The van der Waals surface area contributed by atoms with Crippen molar-refractivity contribution >= 4 is 33.1 Å². The van der Waals surface area contributed by atoms with Crippen LogP contribution in [-0.2, 0) is 9.84 Å². The number of aromatic nitrogens is 3. The Morgan fingerprint density at radius 3 is 2.88 bits per heavy atom. The van der Waals surface area contributed by atoms with Crippen molar-refractivity contribution in [2.45, 2.75) is 19.4 Å². The lowest BCUT2D eigenvalue weighted by molar-refractivity contribution is 0.497. The summed E-state index contributed by atoms with van der Waals surface area (Å²) in [6, 6.07) is 7.18. The number of hydrogen-bond acceptors (Lipinski definition) is 5. The van der Waals surface area contributed by atoms with Crippen molar-refractivity contribution in [2.75, 3.05) is 11.5 Å². The van der Waals surface area contributed by atoms with E-state index in [1.54, 1.807) is 42.1 Å². The molecule has 0 spiro atoms. The van der Waals surface area contributed by atoms with E-state index in [4.69, 9.17) is 11.6 Å². The zero-order valence-electron chi connectivity index (χ0n) is 13.0. The Morgan fingerprint density at radius 1 is 1.50 bits per heavy atom. The van der Waals surface area contributed by atoms with Crippen molar-refractivity contribution in [3.8, 4) is 6.07 Å². The van der Waals surface area contributed by atoms with Gasteiger partial charge in [-0.25, -0.2) is 13.1 Å². The van der Waals surface area contributed by atoms with E-state index in [2.05, 4.69) is 16.2 Å². The molecule has 1 atom stereocenters. The van der Waals surface area contributed by atoms with Gasteiger partial charge in [0.25, 0.3) is 0 Å². The Morgan fingerprint density at radius 2 is 2.29 bits per heavy atom. The molecule has 124 valence electrons. The maximum atomic E-state index is 11.7. The first kappa shape index (κ1) is 16.7. The normalized spacial score (nSPS) is 20.0. The maximum Gasteiger partial charge on any atom is 0.152 e. The molecule has 0 radical (unpaired) electrons. The molecule has 2 aromatic heterocycles. The smallest absolute Gasteiger partial charge is 0.152 e. The van der Waals surface area contributed by atoms with Gasteiger partial charge in [-0.05, 0) is 31.6 Å². The fourth-order valence-corrected chi connectivity index (χ4v) is 4.80. The van der Waals surface area contributed by atoms with E-state index in [0.29, 0.717) is 34.1 Å². The highest BCUT2D eigenvalue weighted by molar-refractivity contribution is 7.91. The summed E-state index contributed by atoms with van der Waals surface area (Å²) in [4.78, 5) is 4.17. The van der Waals surface area contributed by atoms with Crippen LogP contribution >= 0.6 is 11.6 Å². The second kappa shape index (κ2) is 6.38. The molecule has 0 aliphatic carbocycles. The summed E-state index contributed by atoms with van der Waals surface area (Å²) >= 11 is 6.42. The molecule has 1 aliphatic rings. The van der Waals surface area contributed by atoms with Crippen LogP contribution in [-0.4, -0.2) is 34.7 Å². The van der Waals surface area contributed by atoms with Crippen LogP contribution in [0.4, 0.5) is 0 Å². The van der Waals surface area contributed by atoms with Crippen molar-refractivity contribution < 1.29 is 8.42 Å². The molecule has 0 N–H and O–H groups in total. The summed E-state index contributed by atoms with van der Waals surface area (Å²) in [7, 11) is -3.03. The highest BCUT2D eigenvalue weighted by Crippen LogP contribution is 2.31. The van der Waals surface area contributed by atoms with Crippen LogP contribution in [0.2, 0.25) is 5.15 Å². The number of nitriles is 1. The van der Waals surface area contributed by atoms with E-state index in [9.17, 15) is 13.7 Å². The Hall–Kier alpha value is -2.17. The minimum atomic E-state index is -3.03. The molecule has 3 heterocycles. The molecule has 0 amide bonds. The van der Waals surface area contributed by atoms with Crippen LogP contribution in [0.5, 0.6) is 0 Å². The minimum Gasteiger partial charge on any atom is -0.256 e. The number of halogens is 1. The fourth-order valence-electron chi connectivity index (χ4n) is 2.74. The Kier molecular flexibility index (Phi) is 4.43. The first-order valence-electron chi connectivity index (χ1n) is 7.39. The molecule has 0 aromatic carbocycles. The second-order valence-corrected chi connectivity index (χ2v) is 8.26. The van der Waals surface area contributed by atoms with Gasteiger partial charge in [-0.1, -0.05) is 17.7 Å². The maximum absolute atomic E-state index is 11.7. The number of rotatable bonds is 3. The molecule has 1 saturated heterocycles. The Balaban J connectivity index is 2.01. The average molecular weight is 363 g/mol. The Labute approximate surface area is 145 Å². The van der Waals surface area contributed by atoms with Gasteiger partial charge < -0.3 is 0 Å². The third kappa shape index (κ3) is 3.21. The van der Waals surface area contributed by atoms with E-state index in [-0.39, 0.29) is 17.5 Å². The van der Waals surface area contributed by atoms with Gasteiger partial charge in [-0.2, -0.15) is 10.4 Å². The van der Waals surface area contributed by atoms with Crippen LogP contribution in [0.25, 0.3) is 11.6 Å². The SMILES string of the molecule is Cc1nn([C@H]2CCS(=O)(=O)C2)c(Cl)c1/C=C(\C#N)c1ccccn1. The lowest BCUT2D eigenvalue weighted by atomic mass is 10.1. The number of sulfone groups is 1. The first-order chi connectivity index (χ1) is 11.4. The summed E-state index contributed by atoms with van der Waals surface area (Å²) in [5.74, 6) is 0.192. The van der Waals surface area contributed by atoms with Gasteiger partial charge in [0.1, 0.15) is 11.2 Å². The summed E-state index contributed by atoms with van der Waals surface area (Å²) in [5.41, 5.74) is 2.18. The van der Waals surface area contributed by atoms with Crippen LogP contribution in [0.3, 0.4) is 0 Å². The van der Waals surface area contributed by atoms with Crippen molar-refractivity contribution in [3.63, 3.8) is 0 Å². The fraction of sp³-hybridized carbons (Fsp3) is 0.312. The van der Waals surface area contributed by atoms with E-state index in [0.717, 1.165) is 0 Å². The van der Waals surface area contributed by atoms with Gasteiger partial charge in [0, 0.05) is 11.8 Å². The largest absolute Gasteiger partial charge is 0.256 e. The molecule has 1 aliphatic heterocycles. The molecule has 2 aromatic rings. The standard InChI is InChI=1S/C16H15ClN4O2S/c1-11-14(8-12(9-18)15-4-2-3-6-19-15)16(17)21(20-11)13-5-7-24(22,23)10-13/h2-4,6,8,13H,5,7,10H2,1H3/b12-8+/t13-/m0/s1. The average Bonchev–Trinajstić information content (AvgIpc) is 3.06. The van der Waals surface area contributed by atoms with E-state index in [1.807, 2.05) is 0 Å². The van der Waals surface area contributed by atoms with Gasteiger partial charge in [-0.15, -0.1) is 0 Å². The quantitative estimate of drug-likeness (QED) is 0.783. The summed E-state index contributed by atoms with van der Waals surface area (Å²) in [5, 5.41) is 14.1. The molecular formula is C16H15ClN4O2S. The molecule has 0 saturated carbocycles. The molecule has 8 heteroatoms. The van der Waals surface area contributed by atoms with Crippen molar-refractivity contribution in [3.05, 3.63) is 46.5 Å². The van der Waals surface area contributed by atoms with Crippen molar-refractivity contribution in [1.82, 2.24) is 14.8 Å². The monoisotopic (exact) mass is 362 g/mol. The highest BCUT2D eigenvalue weighted by atomic mass is 35.5. The second-order valence-electron chi connectivity index (χ2n) is 5.68. The molecule has 24 heavy (non-hydrogen) atoms. The lowest BCUT2D eigenvalue weighted by Crippen LogP contribution is -2.12. The van der Waals surface area contributed by atoms with Gasteiger partial charge in [0.15, 0.2) is 9.84 Å². The van der Waals surface area contributed by atoms with Gasteiger partial charge >= 0.3 is 0 Å². The molecule has 1 fully saturated rings. The van der Waals surface area contributed by atoms with Crippen LogP contribution < -0.4 is 0 Å². The van der Waals surface area contributed by atoms with Crippen molar-refractivity contribution in [1.29, 1.82) is 5.26 Å². The van der Waals surface area contributed by atoms with Gasteiger partial charge in [-0.3, -0.25) is 4.98 Å². The summed E-state index contributed by atoms with van der Waals surface area (Å²) < 4.78 is 24.9. The third-order valence-electron chi connectivity index (χ3n) is 3.98. The highest BCUT2D eigenvalue weighted by Gasteiger charge is 2.31. The third-order valence-corrected chi connectivity index (χ3v) is 6.10. The summed E-state index contributed by atoms with van der Waals surface area (Å²) in [6.45, 7) is 1.78. The van der Waals surface area contributed by atoms with Crippen molar-refractivity contribution in [2.24, 2.45) is 0 Å². The summed E-state index contributed by atoms with van der Waals surface area (Å²) in [6.07, 6.45) is 3.76. The van der Waals surface area contributed by atoms with Crippen LogP contribution in [0.15, 0.2) is 24.4 Å². The molecule has 3 rings (SSSR count). The predicted molar refractivity (Wildman–Crippen MR) is 92.0 cm³/mol. The number of pyridine rings is 1. The lowest BCUT2D eigenvalue weighted by Gasteiger charge is -2.09. The van der Waals surface area contributed by atoms with E-state index < -0.39 is 9.84 Å². The number of hydrogen-bond donors (Lipinski definition) is 0. The first-order valence-corrected chi connectivity index (χ1v) is 9.59. The van der Waals surface area contributed by atoms with Crippen LogP contribution in [0, 0.1) is 18.3 Å². The van der Waals surface area contributed by atoms with Gasteiger partial charge in [0.05, 0.1) is 34.5 Å². The molecule has 0 unspecified atom stereocenters. The number of allylic oxidation sites excluding steroid dienone is 1. The molecular weight excluding hydrogens is 348 g/mol. The molecule has 6 nitrogen and oxygen atoms in total. The predicted octanol–water partition coefficient (Wildman–Crippen LogP) is 2.66. The zero-order valence-corrected chi connectivity index (χ0v) is 14.5. The van der Waals surface area contributed by atoms with E-state index in [1.165, 1.54) is 0 Å². The van der Waals surface area contributed by atoms with E-state index >= 15 is 0 Å². The number of aryl methyl sites for hydroxylation is 1. The number of nitrogens with zero attached hydrogens (tertiary/aromatic N) is 4.